The number of nitrogens with zero attached hydrogens (tertiary/aromatic N) is 3. The molecule has 0 aliphatic carbocycles. The zero-order valence-electron chi connectivity index (χ0n) is 10.2. The number of hydrogen-bond acceptors (Lipinski definition) is 4. The first-order chi connectivity index (χ1) is 8.43. The molecule has 1 aliphatic heterocycles. The van der Waals surface area contributed by atoms with Gasteiger partial charge in [0, 0.05) is 12.4 Å². The van der Waals surface area contributed by atoms with Crippen molar-refractivity contribution in [1.29, 1.82) is 0 Å². The Morgan fingerprint density at radius 2 is 2.00 bits per heavy atom. The Kier molecular flexibility index (Phi) is 2.90. The van der Waals surface area contributed by atoms with Gasteiger partial charge in [-0.25, -0.2) is 4.79 Å². The van der Waals surface area contributed by atoms with Crippen LogP contribution in [0.5, 0.6) is 0 Å². The Morgan fingerprint density at radius 3 is 2.61 bits per heavy atom. The molecule has 1 aromatic rings. The number of nitrogens with one attached hydrogen (secondary N) is 1. The summed E-state index contributed by atoms with van der Waals surface area (Å²) in [6.07, 6.45) is 3.36. The highest BCUT2D eigenvalue weighted by molar-refractivity contribution is 6.18. The lowest BCUT2D eigenvalue weighted by Gasteiger charge is -2.34. The van der Waals surface area contributed by atoms with Crippen molar-refractivity contribution in [2.24, 2.45) is 5.41 Å². The molecule has 7 heteroatoms. The van der Waals surface area contributed by atoms with Crippen LogP contribution in [-0.2, 0) is 16.1 Å². The van der Waals surface area contributed by atoms with Gasteiger partial charge in [0.25, 0.3) is 0 Å². The first kappa shape index (κ1) is 12.3. The fourth-order valence-corrected chi connectivity index (χ4v) is 1.69. The van der Waals surface area contributed by atoms with Gasteiger partial charge < -0.3 is 0 Å². The van der Waals surface area contributed by atoms with Crippen LogP contribution in [0.15, 0.2) is 18.5 Å². The van der Waals surface area contributed by atoms with Gasteiger partial charge in [-0.1, -0.05) is 0 Å². The lowest BCUT2D eigenvalue weighted by Crippen LogP contribution is -2.62. The third-order valence-electron chi connectivity index (χ3n) is 2.92. The molecule has 1 aliphatic rings. The molecule has 1 aromatic heterocycles. The van der Waals surface area contributed by atoms with Gasteiger partial charge in [0.1, 0.15) is 5.41 Å². The lowest BCUT2D eigenvalue weighted by molar-refractivity contribution is -0.149. The molecule has 2 heterocycles. The van der Waals surface area contributed by atoms with E-state index in [2.05, 4.69) is 10.4 Å². The number of hydrogen-bond donors (Lipinski definition) is 1. The summed E-state index contributed by atoms with van der Waals surface area (Å²) in [5, 5.41) is 6.16. The van der Waals surface area contributed by atoms with E-state index in [4.69, 9.17) is 0 Å². The van der Waals surface area contributed by atoms with E-state index in [0.717, 1.165) is 4.90 Å². The van der Waals surface area contributed by atoms with Crippen molar-refractivity contribution in [3.63, 3.8) is 0 Å². The van der Waals surface area contributed by atoms with Gasteiger partial charge in [-0.05, 0) is 19.9 Å². The minimum Gasteiger partial charge on any atom is -0.277 e. The van der Waals surface area contributed by atoms with E-state index in [1.54, 1.807) is 23.1 Å². The van der Waals surface area contributed by atoms with Crippen LogP contribution >= 0.6 is 0 Å². The molecular weight excluding hydrogens is 236 g/mol. The summed E-state index contributed by atoms with van der Waals surface area (Å²) in [6, 6.07) is 1.09. The fourth-order valence-electron chi connectivity index (χ4n) is 1.69. The van der Waals surface area contributed by atoms with Crippen molar-refractivity contribution in [2.45, 2.75) is 20.4 Å². The molecule has 0 unspecified atom stereocenters. The van der Waals surface area contributed by atoms with Crippen LogP contribution in [-0.4, -0.2) is 39.1 Å². The summed E-state index contributed by atoms with van der Waals surface area (Å²) in [4.78, 5) is 36.2. The second-order valence-corrected chi connectivity index (χ2v) is 4.61. The van der Waals surface area contributed by atoms with E-state index in [1.165, 1.54) is 13.8 Å². The molecular formula is C11H14N4O3. The second-order valence-electron chi connectivity index (χ2n) is 4.61. The Balaban J connectivity index is 2.09. The summed E-state index contributed by atoms with van der Waals surface area (Å²) < 4.78 is 1.62. The maximum absolute atomic E-state index is 12.0. The number of amides is 4. The molecule has 2 rings (SSSR count). The maximum Gasteiger partial charge on any atom is 0.330 e. The Hall–Kier alpha value is -2.18. The third kappa shape index (κ3) is 1.99. The lowest BCUT2D eigenvalue weighted by atomic mass is 9.89. The zero-order chi connectivity index (χ0) is 13.3. The molecule has 7 nitrogen and oxygen atoms in total. The highest BCUT2D eigenvalue weighted by Gasteiger charge is 2.46. The number of barbiturate groups is 1. The molecule has 4 amide bonds. The highest BCUT2D eigenvalue weighted by atomic mass is 16.2. The number of urea groups is 1. The largest absolute Gasteiger partial charge is 0.330 e. The van der Waals surface area contributed by atoms with E-state index in [-0.39, 0.29) is 6.54 Å². The molecule has 1 N–H and O–H groups in total. The summed E-state index contributed by atoms with van der Waals surface area (Å²) in [6.45, 7) is 3.58. The predicted octanol–water partition coefficient (Wildman–Crippen LogP) is -0.0123. The third-order valence-corrected chi connectivity index (χ3v) is 2.92. The van der Waals surface area contributed by atoms with Crippen molar-refractivity contribution >= 4 is 17.8 Å². The van der Waals surface area contributed by atoms with Gasteiger partial charge in [-0.2, -0.15) is 5.10 Å². The van der Waals surface area contributed by atoms with Gasteiger partial charge >= 0.3 is 6.03 Å². The monoisotopic (exact) mass is 250 g/mol. The highest BCUT2D eigenvalue weighted by Crippen LogP contribution is 2.23. The minimum absolute atomic E-state index is 0.184. The molecule has 0 saturated carbocycles. The molecule has 1 saturated heterocycles. The number of rotatable bonds is 3. The van der Waals surface area contributed by atoms with Gasteiger partial charge in [-0.3, -0.25) is 24.5 Å². The molecule has 0 radical (unpaired) electrons. The standard InChI is InChI=1S/C11H14N4O3/c1-11(2)8(16)13-10(18)15(9(11)17)7-6-14-5-3-4-12-14/h3-5H,6-7H2,1-2H3,(H,13,16,18). The summed E-state index contributed by atoms with van der Waals surface area (Å²) in [5.41, 5.74) is -1.21. The SMILES string of the molecule is CC1(C)C(=O)NC(=O)N(CCn2cccn2)C1=O. The van der Waals surface area contributed by atoms with E-state index < -0.39 is 23.3 Å². The molecule has 1 fully saturated rings. The average Bonchev–Trinajstić information content (AvgIpc) is 2.80. The van der Waals surface area contributed by atoms with Crippen LogP contribution in [0.2, 0.25) is 0 Å². The topological polar surface area (TPSA) is 84.3 Å². The Morgan fingerprint density at radius 1 is 1.28 bits per heavy atom. The van der Waals surface area contributed by atoms with Crippen LogP contribution in [0.25, 0.3) is 0 Å². The van der Waals surface area contributed by atoms with Crippen molar-refractivity contribution < 1.29 is 14.4 Å². The average molecular weight is 250 g/mol. The van der Waals surface area contributed by atoms with Crippen LogP contribution in [0.1, 0.15) is 13.8 Å². The van der Waals surface area contributed by atoms with E-state index in [9.17, 15) is 14.4 Å². The van der Waals surface area contributed by atoms with Crippen LogP contribution in [0.3, 0.4) is 0 Å². The molecule has 0 aromatic carbocycles. The molecule has 96 valence electrons. The van der Waals surface area contributed by atoms with Gasteiger partial charge in [0.05, 0.1) is 13.1 Å². The summed E-state index contributed by atoms with van der Waals surface area (Å²) in [5.74, 6) is -1.05. The van der Waals surface area contributed by atoms with Gasteiger partial charge in [0.2, 0.25) is 11.8 Å². The van der Waals surface area contributed by atoms with Crippen molar-refractivity contribution in [3.8, 4) is 0 Å². The van der Waals surface area contributed by atoms with Crippen molar-refractivity contribution in [1.82, 2.24) is 20.0 Å². The maximum atomic E-state index is 12.0. The first-order valence-electron chi connectivity index (χ1n) is 5.58. The minimum atomic E-state index is -1.21. The number of carbonyl (C=O) groups is 3. The number of aromatic nitrogens is 2. The van der Waals surface area contributed by atoms with Crippen molar-refractivity contribution in [3.05, 3.63) is 18.5 Å². The summed E-state index contributed by atoms with van der Waals surface area (Å²) in [7, 11) is 0. The van der Waals surface area contributed by atoms with Gasteiger partial charge in [-0.15, -0.1) is 0 Å². The number of imide groups is 2. The Bertz CT molecular complexity index is 492. The normalized spacial score (nSPS) is 19.0. The zero-order valence-corrected chi connectivity index (χ0v) is 10.2. The van der Waals surface area contributed by atoms with E-state index in [0.29, 0.717) is 6.54 Å². The van der Waals surface area contributed by atoms with E-state index in [1.807, 2.05) is 0 Å². The van der Waals surface area contributed by atoms with Crippen LogP contribution in [0.4, 0.5) is 4.79 Å². The van der Waals surface area contributed by atoms with Crippen LogP contribution in [0, 0.1) is 5.41 Å². The summed E-state index contributed by atoms with van der Waals surface area (Å²) >= 11 is 0. The molecule has 18 heavy (non-hydrogen) atoms. The quantitative estimate of drug-likeness (QED) is 0.764. The fraction of sp³-hybridized carbons (Fsp3) is 0.455. The molecule has 0 bridgehead atoms. The second kappa shape index (κ2) is 4.25. The predicted molar refractivity (Wildman–Crippen MR) is 61.3 cm³/mol. The number of carbonyl (C=O) groups excluding carboxylic acids is 3. The van der Waals surface area contributed by atoms with Crippen LogP contribution < -0.4 is 5.32 Å². The first-order valence-corrected chi connectivity index (χ1v) is 5.58. The van der Waals surface area contributed by atoms with E-state index >= 15 is 0 Å². The van der Waals surface area contributed by atoms with Gasteiger partial charge in [0.15, 0.2) is 0 Å². The van der Waals surface area contributed by atoms with Crippen molar-refractivity contribution in [2.75, 3.05) is 6.54 Å². The Labute approximate surface area is 104 Å². The molecule has 0 spiro atoms. The smallest absolute Gasteiger partial charge is 0.277 e. The molecule has 0 atom stereocenters.